The zero-order valence-electron chi connectivity index (χ0n) is 10.8. The first kappa shape index (κ1) is 14.0. The van der Waals surface area contributed by atoms with Gasteiger partial charge < -0.3 is 10.4 Å². The highest BCUT2D eigenvalue weighted by molar-refractivity contribution is 5.34. The number of aromatic hydroxyl groups is 1. The molecule has 0 bridgehead atoms. The van der Waals surface area contributed by atoms with Crippen LogP contribution in [0.2, 0.25) is 0 Å². The molecule has 96 valence electrons. The second-order valence-electron chi connectivity index (χ2n) is 4.63. The molecule has 0 aliphatic heterocycles. The van der Waals surface area contributed by atoms with Gasteiger partial charge in [-0.15, -0.1) is 0 Å². The van der Waals surface area contributed by atoms with Gasteiger partial charge in [0.05, 0.1) is 0 Å². The Hall–Kier alpha value is -1.09. The van der Waals surface area contributed by atoms with Gasteiger partial charge in [0.25, 0.3) is 0 Å². The van der Waals surface area contributed by atoms with Gasteiger partial charge in [0.1, 0.15) is 11.6 Å². The third-order valence-corrected chi connectivity index (χ3v) is 2.98. The summed E-state index contributed by atoms with van der Waals surface area (Å²) in [7, 11) is 0. The molecule has 1 rings (SSSR count). The number of rotatable bonds is 6. The maximum Gasteiger partial charge on any atom is 0.123 e. The lowest BCUT2D eigenvalue weighted by Crippen LogP contribution is -2.28. The molecule has 0 amide bonds. The molecule has 0 heterocycles. The number of hydrogen-bond acceptors (Lipinski definition) is 2. The number of hydrogen-bond donors (Lipinski definition) is 2. The van der Waals surface area contributed by atoms with E-state index in [-0.39, 0.29) is 17.6 Å². The highest BCUT2D eigenvalue weighted by Gasteiger charge is 2.13. The summed E-state index contributed by atoms with van der Waals surface area (Å²) in [4.78, 5) is 0. The zero-order chi connectivity index (χ0) is 12.8. The summed E-state index contributed by atoms with van der Waals surface area (Å²) >= 11 is 0. The minimum absolute atomic E-state index is 0.0439. The van der Waals surface area contributed by atoms with Crippen molar-refractivity contribution in [3.63, 3.8) is 0 Å². The van der Waals surface area contributed by atoms with Crippen molar-refractivity contribution >= 4 is 0 Å². The summed E-state index contributed by atoms with van der Waals surface area (Å²) < 4.78 is 13.1. The number of benzene rings is 1. The first-order valence-corrected chi connectivity index (χ1v) is 6.29. The molecule has 2 N–H and O–H groups in total. The molecule has 2 unspecified atom stereocenters. The fourth-order valence-electron chi connectivity index (χ4n) is 1.98. The van der Waals surface area contributed by atoms with E-state index in [1.807, 2.05) is 6.92 Å². The summed E-state index contributed by atoms with van der Waals surface area (Å²) in [6, 6.07) is 4.38. The van der Waals surface area contributed by atoms with Crippen molar-refractivity contribution in [3.05, 3.63) is 29.6 Å². The van der Waals surface area contributed by atoms with E-state index in [4.69, 9.17) is 0 Å². The van der Waals surface area contributed by atoms with E-state index in [0.29, 0.717) is 11.6 Å². The topological polar surface area (TPSA) is 32.3 Å². The molecule has 0 saturated heterocycles. The number of phenolic OH excluding ortho intramolecular Hbond substituents is 1. The van der Waals surface area contributed by atoms with Crippen LogP contribution in [0.5, 0.6) is 5.75 Å². The van der Waals surface area contributed by atoms with Crippen molar-refractivity contribution in [2.75, 3.05) is 0 Å². The van der Waals surface area contributed by atoms with Crippen LogP contribution in [-0.4, -0.2) is 11.1 Å². The fraction of sp³-hybridized carbons (Fsp3) is 0.571. The highest BCUT2D eigenvalue weighted by atomic mass is 19.1. The van der Waals surface area contributed by atoms with Crippen molar-refractivity contribution in [3.8, 4) is 5.75 Å². The van der Waals surface area contributed by atoms with E-state index in [0.717, 1.165) is 6.42 Å². The molecule has 0 aromatic heterocycles. The molecule has 0 aliphatic carbocycles. The average Bonchev–Trinajstić information content (AvgIpc) is 2.29. The van der Waals surface area contributed by atoms with Gasteiger partial charge in [0, 0.05) is 17.6 Å². The van der Waals surface area contributed by atoms with Gasteiger partial charge in [-0.2, -0.15) is 0 Å². The number of halogens is 1. The molecule has 0 radical (unpaired) electrons. The summed E-state index contributed by atoms with van der Waals surface area (Å²) in [5.74, 6) is -0.165. The van der Waals surface area contributed by atoms with Gasteiger partial charge in [-0.3, -0.25) is 0 Å². The quantitative estimate of drug-likeness (QED) is 0.792. The highest BCUT2D eigenvalue weighted by Crippen LogP contribution is 2.25. The van der Waals surface area contributed by atoms with Crippen LogP contribution in [0.15, 0.2) is 18.2 Å². The maximum atomic E-state index is 13.1. The Kier molecular flexibility index (Phi) is 5.42. The van der Waals surface area contributed by atoms with Crippen molar-refractivity contribution in [1.29, 1.82) is 0 Å². The third-order valence-electron chi connectivity index (χ3n) is 2.98. The molecule has 1 aromatic rings. The predicted octanol–water partition coefficient (Wildman–Crippen LogP) is 3.76. The SMILES string of the molecule is CCCCC(C)NC(C)c1cc(F)ccc1O. The molecular formula is C14H22FNO. The summed E-state index contributed by atoms with van der Waals surface area (Å²) in [5, 5.41) is 13.1. The van der Waals surface area contributed by atoms with Gasteiger partial charge in [-0.1, -0.05) is 19.8 Å². The first-order valence-electron chi connectivity index (χ1n) is 6.29. The molecule has 2 nitrogen and oxygen atoms in total. The van der Waals surface area contributed by atoms with E-state index in [1.165, 1.54) is 31.0 Å². The smallest absolute Gasteiger partial charge is 0.123 e. The Bertz CT molecular complexity index is 354. The lowest BCUT2D eigenvalue weighted by molar-refractivity contribution is 0.417. The molecule has 2 atom stereocenters. The van der Waals surface area contributed by atoms with Crippen LogP contribution in [0.4, 0.5) is 4.39 Å². The normalized spacial score (nSPS) is 14.6. The monoisotopic (exact) mass is 239 g/mol. The Labute approximate surface area is 103 Å². The number of nitrogens with one attached hydrogen (secondary N) is 1. The molecule has 1 aromatic carbocycles. The Balaban J connectivity index is 2.62. The Morgan fingerprint density at radius 3 is 2.71 bits per heavy atom. The Morgan fingerprint density at radius 2 is 2.06 bits per heavy atom. The lowest BCUT2D eigenvalue weighted by Gasteiger charge is -2.21. The summed E-state index contributed by atoms with van der Waals surface area (Å²) in [6.45, 7) is 6.22. The van der Waals surface area contributed by atoms with Gasteiger partial charge in [0.2, 0.25) is 0 Å². The van der Waals surface area contributed by atoms with E-state index >= 15 is 0 Å². The van der Waals surface area contributed by atoms with Crippen LogP contribution in [0.25, 0.3) is 0 Å². The zero-order valence-corrected chi connectivity index (χ0v) is 10.8. The molecule has 0 fully saturated rings. The molecule has 0 saturated carbocycles. The molecule has 0 spiro atoms. The van der Waals surface area contributed by atoms with Crippen LogP contribution in [0.1, 0.15) is 51.6 Å². The summed E-state index contributed by atoms with van der Waals surface area (Å²) in [6.07, 6.45) is 3.44. The standard InChI is InChI=1S/C14H22FNO/c1-4-5-6-10(2)16-11(3)13-9-12(15)7-8-14(13)17/h7-11,16-17H,4-6H2,1-3H3. The third kappa shape index (κ3) is 4.35. The minimum Gasteiger partial charge on any atom is -0.508 e. The predicted molar refractivity (Wildman–Crippen MR) is 68.6 cm³/mol. The van der Waals surface area contributed by atoms with Crippen LogP contribution in [0, 0.1) is 5.82 Å². The van der Waals surface area contributed by atoms with Gasteiger partial charge >= 0.3 is 0 Å². The number of phenols is 1. The van der Waals surface area contributed by atoms with Crippen molar-refractivity contribution in [2.24, 2.45) is 0 Å². The van der Waals surface area contributed by atoms with Crippen LogP contribution >= 0.6 is 0 Å². The molecule has 17 heavy (non-hydrogen) atoms. The first-order chi connectivity index (χ1) is 8.04. The largest absolute Gasteiger partial charge is 0.508 e. The van der Waals surface area contributed by atoms with Crippen LogP contribution < -0.4 is 5.32 Å². The van der Waals surface area contributed by atoms with E-state index in [2.05, 4.69) is 19.2 Å². The molecular weight excluding hydrogens is 217 g/mol. The van der Waals surface area contributed by atoms with E-state index in [9.17, 15) is 9.50 Å². The maximum absolute atomic E-state index is 13.1. The number of unbranched alkanes of at least 4 members (excludes halogenated alkanes) is 1. The van der Waals surface area contributed by atoms with Crippen LogP contribution in [-0.2, 0) is 0 Å². The van der Waals surface area contributed by atoms with Crippen molar-refractivity contribution in [2.45, 2.75) is 52.1 Å². The molecule has 0 aliphatic rings. The summed E-state index contributed by atoms with van der Waals surface area (Å²) in [5.41, 5.74) is 0.619. The van der Waals surface area contributed by atoms with Gasteiger partial charge in [-0.05, 0) is 38.5 Å². The second-order valence-corrected chi connectivity index (χ2v) is 4.63. The van der Waals surface area contributed by atoms with E-state index < -0.39 is 0 Å². The van der Waals surface area contributed by atoms with Crippen LogP contribution in [0.3, 0.4) is 0 Å². The van der Waals surface area contributed by atoms with Crippen molar-refractivity contribution in [1.82, 2.24) is 5.32 Å². The molecule has 3 heteroatoms. The van der Waals surface area contributed by atoms with E-state index in [1.54, 1.807) is 0 Å². The lowest BCUT2D eigenvalue weighted by atomic mass is 10.0. The van der Waals surface area contributed by atoms with Crippen molar-refractivity contribution < 1.29 is 9.50 Å². The van der Waals surface area contributed by atoms with Gasteiger partial charge in [0.15, 0.2) is 0 Å². The van der Waals surface area contributed by atoms with Gasteiger partial charge in [-0.25, -0.2) is 4.39 Å². The second kappa shape index (κ2) is 6.60. The average molecular weight is 239 g/mol. The minimum atomic E-state index is -0.312. The fourth-order valence-corrected chi connectivity index (χ4v) is 1.98. The Morgan fingerprint density at radius 1 is 1.35 bits per heavy atom.